The number of aromatic nitrogens is 2. The molecule has 21 heavy (non-hydrogen) atoms. The number of carbonyl (C=O) groups excluding carboxylic acids is 1. The van der Waals surface area contributed by atoms with E-state index in [9.17, 15) is 14.7 Å². The van der Waals surface area contributed by atoms with Crippen molar-refractivity contribution in [3.63, 3.8) is 0 Å². The van der Waals surface area contributed by atoms with Crippen molar-refractivity contribution in [2.24, 2.45) is 0 Å². The van der Waals surface area contributed by atoms with E-state index in [4.69, 9.17) is 4.74 Å². The molecule has 1 amide bonds. The lowest BCUT2D eigenvalue weighted by atomic mass is 9.90. The lowest BCUT2D eigenvalue weighted by molar-refractivity contribution is -0.151. The van der Waals surface area contributed by atoms with Crippen LogP contribution < -0.4 is 10.2 Å². The van der Waals surface area contributed by atoms with Gasteiger partial charge >= 0.3 is 5.97 Å². The molecule has 2 N–H and O–H groups in total. The van der Waals surface area contributed by atoms with Gasteiger partial charge in [-0.2, -0.15) is 0 Å². The van der Waals surface area contributed by atoms with Gasteiger partial charge in [0.15, 0.2) is 0 Å². The van der Waals surface area contributed by atoms with Crippen LogP contribution in [0.25, 0.3) is 0 Å². The van der Waals surface area contributed by atoms with Crippen LogP contribution in [0.3, 0.4) is 0 Å². The Bertz CT molecular complexity index is 502. The highest BCUT2D eigenvalue weighted by molar-refractivity contribution is 5.89. The lowest BCUT2D eigenvalue weighted by Crippen LogP contribution is -2.59. The molecule has 1 aliphatic rings. The number of rotatable bonds is 5. The van der Waals surface area contributed by atoms with E-state index >= 15 is 0 Å². The highest BCUT2D eigenvalue weighted by Gasteiger charge is 2.41. The number of nitrogens with zero attached hydrogens (tertiary/aromatic N) is 3. The van der Waals surface area contributed by atoms with Crippen LogP contribution in [-0.2, 0) is 14.3 Å². The summed E-state index contributed by atoms with van der Waals surface area (Å²) in [5, 5.41) is 12.0. The molecule has 2 heterocycles. The Balaban J connectivity index is 1.98. The maximum absolute atomic E-state index is 12.1. The summed E-state index contributed by atoms with van der Waals surface area (Å²) in [5.74, 6) is -1.00. The largest absolute Gasteiger partial charge is 0.480 e. The zero-order valence-corrected chi connectivity index (χ0v) is 11.8. The van der Waals surface area contributed by atoms with Crippen molar-refractivity contribution in [2.75, 3.05) is 31.7 Å². The van der Waals surface area contributed by atoms with Crippen molar-refractivity contribution in [1.82, 2.24) is 15.3 Å². The summed E-state index contributed by atoms with van der Waals surface area (Å²) in [6, 6.07) is 1.68. The van der Waals surface area contributed by atoms with Gasteiger partial charge < -0.3 is 20.1 Å². The summed E-state index contributed by atoms with van der Waals surface area (Å²) >= 11 is 0. The Labute approximate surface area is 122 Å². The first-order valence-electron chi connectivity index (χ1n) is 6.64. The normalized spacial score (nSPS) is 17.0. The average Bonchev–Trinajstić information content (AvgIpc) is 2.48. The van der Waals surface area contributed by atoms with Crippen LogP contribution in [0.15, 0.2) is 18.5 Å². The molecule has 8 heteroatoms. The molecule has 1 aliphatic heterocycles. The Morgan fingerprint density at radius 1 is 1.38 bits per heavy atom. The molecule has 0 unspecified atom stereocenters. The third-order valence-electron chi connectivity index (χ3n) is 3.41. The standard InChI is InChI=1S/C13H18N4O4/c1-17(12-14-5-2-6-15-12)9-10(18)16-13(11(19)20)3-7-21-8-4-13/h2,5-6H,3-4,7-9H2,1H3,(H,16,18)(H,19,20). The quantitative estimate of drug-likeness (QED) is 0.765. The zero-order valence-electron chi connectivity index (χ0n) is 11.8. The number of aliphatic carboxylic acids is 1. The van der Waals surface area contributed by atoms with E-state index in [-0.39, 0.29) is 25.3 Å². The van der Waals surface area contributed by atoms with Crippen molar-refractivity contribution >= 4 is 17.8 Å². The number of hydrogen-bond acceptors (Lipinski definition) is 6. The minimum Gasteiger partial charge on any atom is -0.480 e. The number of hydrogen-bond donors (Lipinski definition) is 2. The lowest BCUT2D eigenvalue weighted by Gasteiger charge is -2.34. The van der Waals surface area contributed by atoms with E-state index < -0.39 is 11.5 Å². The maximum Gasteiger partial charge on any atom is 0.329 e. The average molecular weight is 294 g/mol. The molecular formula is C13H18N4O4. The monoisotopic (exact) mass is 294 g/mol. The molecule has 0 spiro atoms. The van der Waals surface area contributed by atoms with Crippen LogP contribution in [0, 0.1) is 0 Å². The molecule has 0 aromatic carbocycles. The predicted molar refractivity (Wildman–Crippen MR) is 73.9 cm³/mol. The zero-order chi connectivity index (χ0) is 15.3. The van der Waals surface area contributed by atoms with Crippen LogP contribution in [0.4, 0.5) is 5.95 Å². The molecule has 0 aliphatic carbocycles. The number of carbonyl (C=O) groups is 2. The molecule has 0 atom stereocenters. The summed E-state index contributed by atoms with van der Waals surface area (Å²) in [6.45, 7) is 0.633. The van der Waals surface area contributed by atoms with Crippen molar-refractivity contribution in [2.45, 2.75) is 18.4 Å². The van der Waals surface area contributed by atoms with E-state index in [0.717, 1.165) is 0 Å². The van der Waals surface area contributed by atoms with Crippen molar-refractivity contribution in [1.29, 1.82) is 0 Å². The van der Waals surface area contributed by atoms with Crippen LogP contribution in [0.1, 0.15) is 12.8 Å². The fourth-order valence-electron chi connectivity index (χ4n) is 2.19. The topological polar surface area (TPSA) is 105 Å². The van der Waals surface area contributed by atoms with Gasteiger partial charge in [-0.15, -0.1) is 0 Å². The molecule has 1 saturated heterocycles. The number of amides is 1. The number of carboxylic acids is 1. The molecule has 0 saturated carbocycles. The van der Waals surface area contributed by atoms with E-state index in [1.165, 1.54) is 0 Å². The first kappa shape index (κ1) is 15.2. The van der Waals surface area contributed by atoms with Gasteiger partial charge in [0, 0.05) is 45.5 Å². The summed E-state index contributed by atoms with van der Waals surface area (Å²) in [4.78, 5) is 33.2. The van der Waals surface area contributed by atoms with Crippen molar-refractivity contribution in [3.8, 4) is 0 Å². The molecule has 1 aromatic rings. The van der Waals surface area contributed by atoms with Crippen LogP contribution in [0.5, 0.6) is 0 Å². The molecular weight excluding hydrogens is 276 g/mol. The fourth-order valence-corrected chi connectivity index (χ4v) is 2.19. The smallest absolute Gasteiger partial charge is 0.329 e. The van der Waals surface area contributed by atoms with Crippen LogP contribution >= 0.6 is 0 Å². The summed E-state index contributed by atoms with van der Waals surface area (Å²) in [7, 11) is 1.67. The summed E-state index contributed by atoms with van der Waals surface area (Å²) < 4.78 is 5.16. The number of anilines is 1. The van der Waals surface area contributed by atoms with Gasteiger partial charge in [-0.05, 0) is 6.07 Å². The van der Waals surface area contributed by atoms with Gasteiger partial charge in [-0.25, -0.2) is 14.8 Å². The van der Waals surface area contributed by atoms with Crippen molar-refractivity contribution in [3.05, 3.63) is 18.5 Å². The first-order chi connectivity index (χ1) is 10.0. The van der Waals surface area contributed by atoms with E-state index in [1.807, 2.05) is 0 Å². The molecule has 0 bridgehead atoms. The maximum atomic E-state index is 12.1. The molecule has 8 nitrogen and oxygen atoms in total. The van der Waals surface area contributed by atoms with E-state index in [0.29, 0.717) is 19.2 Å². The van der Waals surface area contributed by atoms with Crippen LogP contribution in [-0.4, -0.2) is 59.3 Å². The van der Waals surface area contributed by atoms with Gasteiger partial charge in [-0.1, -0.05) is 0 Å². The number of likely N-dealkylation sites (N-methyl/N-ethyl adjacent to an activating group) is 1. The second-order valence-electron chi connectivity index (χ2n) is 4.95. The minimum absolute atomic E-state index is 0.0140. The number of nitrogens with one attached hydrogen (secondary N) is 1. The minimum atomic E-state index is -1.24. The van der Waals surface area contributed by atoms with Crippen molar-refractivity contribution < 1.29 is 19.4 Å². The Morgan fingerprint density at radius 3 is 2.57 bits per heavy atom. The highest BCUT2D eigenvalue weighted by Crippen LogP contribution is 2.21. The Morgan fingerprint density at radius 2 is 2.00 bits per heavy atom. The highest BCUT2D eigenvalue weighted by atomic mass is 16.5. The molecule has 1 fully saturated rings. The van der Waals surface area contributed by atoms with Gasteiger partial charge in [0.25, 0.3) is 0 Å². The fraction of sp³-hybridized carbons (Fsp3) is 0.538. The second kappa shape index (κ2) is 6.49. The van der Waals surface area contributed by atoms with E-state index in [2.05, 4.69) is 15.3 Å². The third kappa shape index (κ3) is 3.66. The SMILES string of the molecule is CN(CC(=O)NC1(C(=O)O)CCOCC1)c1ncccn1. The Hall–Kier alpha value is -2.22. The molecule has 1 aromatic heterocycles. The molecule has 0 radical (unpaired) electrons. The van der Waals surface area contributed by atoms with E-state index in [1.54, 1.807) is 30.4 Å². The number of ether oxygens (including phenoxy) is 1. The summed E-state index contributed by atoms with van der Waals surface area (Å²) in [6.07, 6.45) is 3.68. The van der Waals surface area contributed by atoms with Gasteiger partial charge in [0.2, 0.25) is 11.9 Å². The Kier molecular flexibility index (Phi) is 4.69. The van der Waals surface area contributed by atoms with Crippen LogP contribution in [0.2, 0.25) is 0 Å². The third-order valence-corrected chi connectivity index (χ3v) is 3.41. The predicted octanol–water partition coefficient (Wildman–Crippen LogP) is -0.337. The molecule has 2 rings (SSSR count). The summed E-state index contributed by atoms with van der Waals surface area (Å²) in [5.41, 5.74) is -1.24. The van der Waals surface area contributed by atoms with Gasteiger partial charge in [0.05, 0.1) is 6.54 Å². The number of carboxylic acid groups (broad SMARTS) is 1. The first-order valence-corrected chi connectivity index (χ1v) is 6.64. The molecule has 114 valence electrons. The van der Waals surface area contributed by atoms with Gasteiger partial charge in [0.1, 0.15) is 5.54 Å². The van der Waals surface area contributed by atoms with Gasteiger partial charge in [-0.3, -0.25) is 4.79 Å². The second-order valence-corrected chi connectivity index (χ2v) is 4.95.